The molecule has 14 heavy (non-hydrogen) atoms. The van der Waals surface area contributed by atoms with Crippen molar-refractivity contribution in [3.8, 4) is 0 Å². The van der Waals surface area contributed by atoms with Gasteiger partial charge in [-0.25, -0.2) is 4.79 Å². The first-order valence-corrected chi connectivity index (χ1v) is 4.63. The van der Waals surface area contributed by atoms with E-state index in [1.165, 1.54) is 0 Å². The summed E-state index contributed by atoms with van der Waals surface area (Å²) >= 11 is 0. The van der Waals surface area contributed by atoms with Gasteiger partial charge in [-0.1, -0.05) is 24.3 Å². The average molecular weight is 191 g/mol. The molecular weight excluding hydrogens is 178 g/mol. The zero-order valence-electron chi connectivity index (χ0n) is 7.79. The third-order valence-electron chi connectivity index (χ3n) is 2.36. The van der Waals surface area contributed by atoms with Gasteiger partial charge in [-0.3, -0.25) is 0 Å². The minimum Gasteiger partial charge on any atom is -0.336 e. The third-order valence-corrected chi connectivity index (χ3v) is 2.36. The number of nitrogens with one attached hydrogen (secondary N) is 2. The Morgan fingerprint density at radius 2 is 2.36 bits per heavy atom. The first-order valence-electron chi connectivity index (χ1n) is 4.63. The minimum absolute atomic E-state index is 0.0778. The summed E-state index contributed by atoms with van der Waals surface area (Å²) in [5.74, 6) is 0. The fourth-order valence-electron chi connectivity index (χ4n) is 1.59. The van der Waals surface area contributed by atoms with Gasteiger partial charge in [0.1, 0.15) is 0 Å². The molecule has 0 aromatic heterocycles. The Balaban J connectivity index is 2.19. The highest BCUT2D eigenvalue weighted by molar-refractivity contribution is 5.76. The Kier molecular flexibility index (Phi) is 2.37. The van der Waals surface area contributed by atoms with E-state index in [0.717, 1.165) is 11.1 Å². The van der Waals surface area contributed by atoms with E-state index in [9.17, 15) is 4.79 Å². The standard InChI is InChI=1S/C10H13N3O/c11-5-7-2-1-3-8(4-7)9-6-12-10(14)13-9/h1-4,9H,5-6,11H2,(H2,12,13,14). The van der Waals surface area contributed by atoms with Crippen LogP contribution in [-0.4, -0.2) is 12.6 Å². The van der Waals surface area contributed by atoms with Crippen molar-refractivity contribution in [3.63, 3.8) is 0 Å². The van der Waals surface area contributed by atoms with Gasteiger partial charge in [-0.15, -0.1) is 0 Å². The van der Waals surface area contributed by atoms with Gasteiger partial charge in [0.15, 0.2) is 0 Å². The second-order valence-corrected chi connectivity index (χ2v) is 3.36. The van der Waals surface area contributed by atoms with Crippen LogP contribution in [0.5, 0.6) is 0 Å². The monoisotopic (exact) mass is 191 g/mol. The Labute approximate surface area is 82.5 Å². The van der Waals surface area contributed by atoms with Crippen molar-refractivity contribution in [2.45, 2.75) is 12.6 Å². The number of carbonyl (C=O) groups is 1. The van der Waals surface area contributed by atoms with Gasteiger partial charge < -0.3 is 16.4 Å². The van der Waals surface area contributed by atoms with Crippen LogP contribution in [-0.2, 0) is 6.54 Å². The number of hydrogen-bond acceptors (Lipinski definition) is 2. The normalized spacial score (nSPS) is 20.4. The second kappa shape index (κ2) is 3.67. The first-order chi connectivity index (χ1) is 6.79. The van der Waals surface area contributed by atoms with Gasteiger partial charge >= 0.3 is 6.03 Å². The lowest BCUT2D eigenvalue weighted by atomic mass is 10.0. The fourth-order valence-corrected chi connectivity index (χ4v) is 1.59. The van der Waals surface area contributed by atoms with E-state index in [1.807, 2.05) is 24.3 Å². The molecule has 74 valence electrons. The highest BCUT2D eigenvalue weighted by Crippen LogP contribution is 2.16. The molecule has 4 nitrogen and oxygen atoms in total. The molecule has 1 unspecified atom stereocenters. The third kappa shape index (κ3) is 1.70. The number of benzene rings is 1. The number of urea groups is 1. The van der Waals surface area contributed by atoms with Crippen LogP contribution in [0.1, 0.15) is 17.2 Å². The average Bonchev–Trinajstić information content (AvgIpc) is 2.65. The van der Waals surface area contributed by atoms with Crippen molar-refractivity contribution < 1.29 is 4.79 Å². The van der Waals surface area contributed by atoms with Crippen LogP contribution < -0.4 is 16.4 Å². The molecule has 1 aliphatic heterocycles. The van der Waals surface area contributed by atoms with E-state index in [4.69, 9.17) is 5.73 Å². The largest absolute Gasteiger partial charge is 0.336 e. The summed E-state index contributed by atoms with van der Waals surface area (Å²) in [6, 6.07) is 7.94. The molecular formula is C10H13N3O. The smallest absolute Gasteiger partial charge is 0.315 e. The molecule has 1 aliphatic rings. The SMILES string of the molecule is NCc1cccc(C2CNC(=O)N2)c1. The van der Waals surface area contributed by atoms with Crippen LogP contribution in [0.4, 0.5) is 4.79 Å². The van der Waals surface area contributed by atoms with E-state index < -0.39 is 0 Å². The molecule has 0 aliphatic carbocycles. The molecule has 2 amide bonds. The number of hydrogen-bond donors (Lipinski definition) is 3. The Morgan fingerprint density at radius 3 is 3.00 bits per heavy atom. The van der Waals surface area contributed by atoms with Crippen LogP contribution in [0.2, 0.25) is 0 Å². The summed E-state index contributed by atoms with van der Waals surface area (Å²) in [6.07, 6.45) is 0. The fraction of sp³-hybridized carbons (Fsp3) is 0.300. The molecule has 0 radical (unpaired) electrons. The molecule has 1 aromatic carbocycles. The van der Waals surface area contributed by atoms with E-state index in [-0.39, 0.29) is 12.1 Å². The summed E-state index contributed by atoms with van der Waals surface area (Å²) < 4.78 is 0. The van der Waals surface area contributed by atoms with Gasteiger partial charge in [0.05, 0.1) is 6.04 Å². The van der Waals surface area contributed by atoms with Crippen LogP contribution in [0.3, 0.4) is 0 Å². The maximum atomic E-state index is 10.9. The van der Waals surface area contributed by atoms with Gasteiger partial charge in [-0.05, 0) is 11.1 Å². The second-order valence-electron chi connectivity index (χ2n) is 3.36. The van der Waals surface area contributed by atoms with E-state index in [0.29, 0.717) is 13.1 Å². The highest BCUT2D eigenvalue weighted by Gasteiger charge is 2.21. The number of rotatable bonds is 2. The van der Waals surface area contributed by atoms with Crippen LogP contribution in [0.25, 0.3) is 0 Å². The zero-order valence-corrected chi connectivity index (χ0v) is 7.79. The maximum Gasteiger partial charge on any atom is 0.315 e. The van der Waals surface area contributed by atoms with Crippen molar-refractivity contribution in [3.05, 3.63) is 35.4 Å². The number of carbonyl (C=O) groups excluding carboxylic acids is 1. The lowest BCUT2D eigenvalue weighted by Crippen LogP contribution is -2.21. The molecule has 1 atom stereocenters. The Morgan fingerprint density at radius 1 is 1.50 bits per heavy atom. The molecule has 0 spiro atoms. The lowest BCUT2D eigenvalue weighted by Gasteiger charge is -2.09. The topological polar surface area (TPSA) is 67.1 Å². The summed E-state index contributed by atoms with van der Waals surface area (Å²) in [6.45, 7) is 1.18. The Bertz CT molecular complexity index is 351. The van der Waals surface area contributed by atoms with Gasteiger partial charge in [0.2, 0.25) is 0 Å². The maximum absolute atomic E-state index is 10.9. The molecule has 2 rings (SSSR count). The zero-order chi connectivity index (χ0) is 9.97. The number of amides is 2. The summed E-state index contributed by atoms with van der Waals surface area (Å²) in [5, 5.41) is 5.55. The van der Waals surface area contributed by atoms with Crippen LogP contribution in [0, 0.1) is 0 Å². The molecule has 4 N–H and O–H groups in total. The molecule has 1 heterocycles. The van der Waals surface area contributed by atoms with E-state index in [2.05, 4.69) is 10.6 Å². The van der Waals surface area contributed by atoms with Crippen LogP contribution >= 0.6 is 0 Å². The minimum atomic E-state index is -0.104. The van der Waals surface area contributed by atoms with Gasteiger partial charge in [-0.2, -0.15) is 0 Å². The molecule has 4 heteroatoms. The first kappa shape index (κ1) is 9.02. The molecule has 0 saturated carbocycles. The highest BCUT2D eigenvalue weighted by atomic mass is 16.2. The van der Waals surface area contributed by atoms with Crippen LogP contribution in [0.15, 0.2) is 24.3 Å². The Hall–Kier alpha value is -1.55. The van der Waals surface area contributed by atoms with Crippen molar-refractivity contribution in [1.29, 1.82) is 0 Å². The molecule has 1 aromatic rings. The summed E-state index contributed by atoms with van der Waals surface area (Å²) in [7, 11) is 0. The van der Waals surface area contributed by atoms with E-state index in [1.54, 1.807) is 0 Å². The van der Waals surface area contributed by atoms with Crippen molar-refractivity contribution in [2.24, 2.45) is 5.73 Å². The van der Waals surface area contributed by atoms with Gasteiger partial charge in [0, 0.05) is 13.1 Å². The molecule has 1 fully saturated rings. The lowest BCUT2D eigenvalue weighted by molar-refractivity contribution is 0.247. The summed E-state index contributed by atoms with van der Waals surface area (Å²) in [5.41, 5.74) is 7.73. The van der Waals surface area contributed by atoms with Crippen molar-refractivity contribution >= 4 is 6.03 Å². The quantitative estimate of drug-likeness (QED) is 0.637. The van der Waals surface area contributed by atoms with Crippen molar-refractivity contribution in [1.82, 2.24) is 10.6 Å². The van der Waals surface area contributed by atoms with Crippen molar-refractivity contribution in [2.75, 3.05) is 6.54 Å². The molecule has 1 saturated heterocycles. The predicted octanol–water partition coefficient (Wildman–Crippen LogP) is 0.499. The molecule has 0 bridgehead atoms. The predicted molar refractivity (Wildman–Crippen MR) is 53.6 cm³/mol. The van der Waals surface area contributed by atoms with E-state index >= 15 is 0 Å². The number of nitrogens with two attached hydrogens (primary N) is 1. The summed E-state index contributed by atoms with van der Waals surface area (Å²) in [4.78, 5) is 10.9. The van der Waals surface area contributed by atoms with Gasteiger partial charge in [0.25, 0.3) is 0 Å².